The van der Waals surface area contributed by atoms with Crippen LogP contribution in [0.15, 0.2) is 95.6 Å². The molecule has 1 atom stereocenters. The minimum atomic E-state index is -0.833. The quantitative estimate of drug-likeness (QED) is 0.574. The average molecular weight is 469 g/mol. The molecule has 0 fully saturated rings. The predicted octanol–water partition coefficient (Wildman–Crippen LogP) is 5.06. The third-order valence-corrected chi connectivity index (χ3v) is 6.03. The monoisotopic (exact) mass is 468 g/mol. The Bertz CT molecular complexity index is 1450. The molecule has 1 aliphatic carbocycles. The molecule has 0 aromatic heterocycles. The number of carbonyl (C=O) groups is 2. The Hall–Kier alpha value is -4.34. The fourth-order valence-corrected chi connectivity index (χ4v) is 4.40. The lowest BCUT2D eigenvalue weighted by Gasteiger charge is -2.31. The molecule has 0 saturated heterocycles. The molecular formula is C27H17ClN2O4. The van der Waals surface area contributed by atoms with Crippen LogP contribution < -0.4 is 10.5 Å². The van der Waals surface area contributed by atoms with E-state index in [0.29, 0.717) is 22.9 Å². The molecule has 0 saturated carbocycles. The fraction of sp³-hybridized carbons (Fsp3) is 0.0741. The first-order valence-electron chi connectivity index (χ1n) is 10.5. The van der Waals surface area contributed by atoms with E-state index in [-0.39, 0.29) is 39.7 Å². The molecule has 6 nitrogen and oxygen atoms in total. The van der Waals surface area contributed by atoms with Gasteiger partial charge in [0.05, 0.1) is 11.5 Å². The fourth-order valence-electron chi connectivity index (χ4n) is 4.19. The molecule has 0 bridgehead atoms. The molecule has 3 aromatic carbocycles. The van der Waals surface area contributed by atoms with Gasteiger partial charge in [-0.05, 0) is 35.4 Å². The number of benzene rings is 3. The number of hydrogen-bond donors (Lipinski definition) is 1. The van der Waals surface area contributed by atoms with Gasteiger partial charge in [0.1, 0.15) is 24.0 Å². The lowest BCUT2D eigenvalue weighted by molar-refractivity contribution is 0.0897. The normalized spacial score (nSPS) is 17.0. The zero-order valence-corrected chi connectivity index (χ0v) is 18.5. The number of carbonyl (C=O) groups excluding carboxylic acids is 2. The van der Waals surface area contributed by atoms with Crippen molar-refractivity contribution in [2.24, 2.45) is 5.73 Å². The first-order valence-corrected chi connectivity index (χ1v) is 10.8. The highest BCUT2D eigenvalue weighted by Gasteiger charge is 2.43. The third kappa shape index (κ3) is 3.62. The maximum absolute atomic E-state index is 13.4. The zero-order valence-electron chi connectivity index (χ0n) is 17.7. The first-order chi connectivity index (χ1) is 16.5. The van der Waals surface area contributed by atoms with E-state index >= 15 is 0 Å². The molecule has 5 rings (SSSR count). The second-order valence-electron chi connectivity index (χ2n) is 7.86. The average Bonchev–Trinajstić information content (AvgIpc) is 2.86. The number of rotatable bonds is 4. The van der Waals surface area contributed by atoms with Gasteiger partial charge in [-0.15, -0.1) is 0 Å². The SMILES string of the molecule is N#CC1=C(N)OC2=C(C(=O)c3ccccc3C2=O)C1c1ccc(OCc2cccc(Cl)c2)cc1. The maximum atomic E-state index is 13.4. The van der Waals surface area contributed by atoms with Crippen molar-refractivity contribution in [2.45, 2.75) is 12.5 Å². The Labute approximate surface area is 200 Å². The number of Topliss-reactive ketones (excluding diaryl/α,β-unsaturated/α-hetero) is 2. The van der Waals surface area contributed by atoms with Crippen molar-refractivity contribution >= 4 is 23.2 Å². The van der Waals surface area contributed by atoms with E-state index in [2.05, 4.69) is 0 Å². The summed E-state index contributed by atoms with van der Waals surface area (Å²) in [5.41, 5.74) is 8.26. The summed E-state index contributed by atoms with van der Waals surface area (Å²) in [7, 11) is 0. The van der Waals surface area contributed by atoms with Crippen LogP contribution in [0.25, 0.3) is 0 Å². The highest BCUT2D eigenvalue weighted by Crippen LogP contribution is 2.44. The Morgan fingerprint density at radius 3 is 2.35 bits per heavy atom. The van der Waals surface area contributed by atoms with Crippen LogP contribution in [0, 0.1) is 11.3 Å². The van der Waals surface area contributed by atoms with Gasteiger partial charge < -0.3 is 15.2 Å². The Morgan fingerprint density at radius 1 is 0.971 bits per heavy atom. The van der Waals surface area contributed by atoms with Gasteiger partial charge in [-0.2, -0.15) is 5.26 Å². The van der Waals surface area contributed by atoms with E-state index in [0.717, 1.165) is 5.56 Å². The highest BCUT2D eigenvalue weighted by molar-refractivity contribution is 6.30. The molecule has 3 aromatic rings. The van der Waals surface area contributed by atoms with Crippen molar-refractivity contribution in [3.05, 3.63) is 123 Å². The summed E-state index contributed by atoms with van der Waals surface area (Å²) in [5, 5.41) is 10.4. The number of halogens is 1. The second kappa shape index (κ2) is 8.54. The van der Waals surface area contributed by atoms with Crippen LogP contribution in [0.3, 0.4) is 0 Å². The van der Waals surface area contributed by atoms with Crippen molar-refractivity contribution in [3.63, 3.8) is 0 Å². The standard InChI is InChI=1S/C27H17ClN2O4/c28-17-5-3-4-15(12-17)14-33-18-10-8-16(9-11-18)22-21(13-29)27(30)34-26-23(22)24(31)19-6-1-2-7-20(19)25(26)32/h1-12,22H,14,30H2. The van der Waals surface area contributed by atoms with Crippen molar-refractivity contribution in [3.8, 4) is 11.8 Å². The molecule has 34 heavy (non-hydrogen) atoms. The van der Waals surface area contributed by atoms with Gasteiger partial charge in [0.15, 0.2) is 11.5 Å². The van der Waals surface area contributed by atoms with Gasteiger partial charge in [0, 0.05) is 16.1 Å². The van der Waals surface area contributed by atoms with Gasteiger partial charge in [0.2, 0.25) is 11.7 Å². The largest absolute Gasteiger partial charge is 0.489 e. The molecule has 2 N–H and O–H groups in total. The van der Waals surface area contributed by atoms with E-state index in [4.69, 9.17) is 26.8 Å². The molecule has 0 spiro atoms. The molecule has 166 valence electrons. The summed E-state index contributed by atoms with van der Waals surface area (Å²) in [5.74, 6) is -1.36. The number of ketones is 2. The topological polar surface area (TPSA) is 102 Å². The predicted molar refractivity (Wildman–Crippen MR) is 125 cm³/mol. The lowest BCUT2D eigenvalue weighted by Crippen LogP contribution is -2.32. The summed E-state index contributed by atoms with van der Waals surface area (Å²) in [6.45, 7) is 0.326. The van der Waals surface area contributed by atoms with Crippen molar-refractivity contribution < 1.29 is 19.1 Å². The number of allylic oxidation sites excluding steroid dienone is 3. The second-order valence-corrected chi connectivity index (χ2v) is 8.30. The number of ether oxygens (including phenoxy) is 2. The van der Waals surface area contributed by atoms with Crippen LogP contribution in [-0.4, -0.2) is 11.6 Å². The smallest absolute Gasteiger partial charge is 0.229 e. The van der Waals surface area contributed by atoms with E-state index in [9.17, 15) is 14.9 Å². The van der Waals surface area contributed by atoms with Gasteiger partial charge in [-0.25, -0.2) is 0 Å². The first kappa shape index (κ1) is 21.5. The Balaban J connectivity index is 1.50. The molecule has 0 radical (unpaired) electrons. The van der Waals surface area contributed by atoms with Gasteiger partial charge in [0.25, 0.3) is 0 Å². The van der Waals surface area contributed by atoms with Crippen LogP contribution in [0.2, 0.25) is 5.02 Å². The highest BCUT2D eigenvalue weighted by atomic mass is 35.5. The minimum Gasteiger partial charge on any atom is -0.489 e. The number of nitrogens with two attached hydrogens (primary N) is 1. The summed E-state index contributed by atoms with van der Waals surface area (Å²) < 4.78 is 11.4. The van der Waals surface area contributed by atoms with Crippen LogP contribution in [0.5, 0.6) is 5.75 Å². The Morgan fingerprint density at radius 2 is 1.68 bits per heavy atom. The van der Waals surface area contributed by atoms with Gasteiger partial charge in [-0.1, -0.05) is 60.1 Å². The number of nitriles is 1. The lowest BCUT2D eigenvalue weighted by atomic mass is 9.75. The molecule has 1 aliphatic heterocycles. The summed E-state index contributed by atoms with van der Waals surface area (Å²) in [6, 6.07) is 22.9. The molecule has 7 heteroatoms. The van der Waals surface area contributed by atoms with Crippen LogP contribution in [0.4, 0.5) is 0 Å². The Kier molecular flexibility index (Phi) is 5.40. The number of hydrogen-bond acceptors (Lipinski definition) is 6. The van der Waals surface area contributed by atoms with Gasteiger partial charge in [-0.3, -0.25) is 9.59 Å². The van der Waals surface area contributed by atoms with E-state index in [1.54, 1.807) is 54.6 Å². The molecule has 1 unspecified atom stereocenters. The van der Waals surface area contributed by atoms with E-state index < -0.39 is 11.7 Å². The summed E-state index contributed by atoms with van der Waals surface area (Å²) in [4.78, 5) is 26.5. The van der Waals surface area contributed by atoms with Crippen molar-refractivity contribution in [2.75, 3.05) is 0 Å². The number of nitrogens with zero attached hydrogens (tertiary/aromatic N) is 1. The molecule has 0 amide bonds. The third-order valence-electron chi connectivity index (χ3n) is 5.80. The van der Waals surface area contributed by atoms with E-state index in [1.165, 1.54) is 0 Å². The maximum Gasteiger partial charge on any atom is 0.229 e. The number of fused-ring (bicyclic) bond motifs is 1. The molecular weight excluding hydrogens is 452 g/mol. The van der Waals surface area contributed by atoms with Crippen molar-refractivity contribution in [1.29, 1.82) is 5.26 Å². The van der Waals surface area contributed by atoms with Crippen LogP contribution in [-0.2, 0) is 11.3 Å². The van der Waals surface area contributed by atoms with E-state index in [1.807, 2.05) is 24.3 Å². The summed E-state index contributed by atoms with van der Waals surface area (Å²) in [6.07, 6.45) is 0. The minimum absolute atomic E-state index is 0.0758. The molecule has 1 heterocycles. The molecule has 2 aliphatic rings. The summed E-state index contributed by atoms with van der Waals surface area (Å²) >= 11 is 6.02. The van der Waals surface area contributed by atoms with Crippen molar-refractivity contribution in [1.82, 2.24) is 0 Å². The van der Waals surface area contributed by atoms with Crippen LogP contribution >= 0.6 is 11.6 Å². The van der Waals surface area contributed by atoms with Crippen LogP contribution in [0.1, 0.15) is 37.8 Å². The zero-order chi connectivity index (χ0) is 23.8. The van der Waals surface area contributed by atoms with Gasteiger partial charge >= 0.3 is 0 Å².